The summed E-state index contributed by atoms with van der Waals surface area (Å²) in [6, 6.07) is 0. The van der Waals surface area contributed by atoms with E-state index in [0.717, 1.165) is 0 Å². The second kappa shape index (κ2) is 9.66. The molecule has 0 rings (SSSR count). The summed E-state index contributed by atoms with van der Waals surface area (Å²) >= 11 is 0. The Morgan fingerprint density at radius 2 is 1.36 bits per heavy atom. The molecule has 0 spiro atoms. The molecular formula is C18H36O3Si. The van der Waals surface area contributed by atoms with Gasteiger partial charge in [-0.2, -0.15) is 0 Å². The van der Waals surface area contributed by atoms with Crippen molar-refractivity contribution in [2.24, 2.45) is 5.92 Å². The predicted octanol–water partition coefficient (Wildman–Crippen LogP) is 4.28. The average Bonchev–Trinajstić information content (AvgIpc) is 2.39. The van der Waals surface area contributed by atoms with E-state index in [1.165, 1.54) is 0 Å². The lowest BCUT2D eigenvalue weighted by Crippen LogP contribution is -2.50. The van der Waals surface area contributed by atoms with Crippen LogP contribution in [-0.4, -0.2) is 37.3 Å². The van der Waals surface area contributed by atoms with Gasteiger partial charge in [0, 0.05) is 5.92 Å². The molecule has 0 aromatic rings. The van der Waals surface area contributed by atoms with Gasteiger partial charge in [-0.25, -0.2) is 0 Å². The lowest BCUT2D eigenvalue weighted by Gasteiger charge is -2.43. The minimum absolute atomic E-state index is 0.256. The highest BCUT2D eigenvalue weighted by Crippen LogP contribution is 2.42. The van der Waals surface area contributed by atoms with E-state index >= 15 is 0 Å². The third-order valence-electron chi connectivity index (χ3n) is 4.78. The van der Waals surface area contributed by atoms with Gasteiger partial charge in [0.25, 0.3) is 0 Å². The Labute approximate surface area is 138 Å². The molecule has 0 aromatic carbocycles. The highest BCUT2D eigenvalue weighted by molar-refractivity contribution is 6.77. The lowest BCUT2D eigenvalue weighted by molar-refractivity contribution is 0.00836. The molecule has 0 radical (unpaired) electrons. The largest absolute Gasteiger partial charge is 0.413 e. The van der Waals surface area contributed by atoms with E-state index in [-0.39, 0.29) is 6.61 Å². The zero-order chi connectivity index (χ0) is 17.5. The molecule has 0 aliphatic carbocycles. The van der Waals surface area contributed by atoms with Gasteiger partial charge in [-0.3, -0.25) is 0 Å². The van der Waals surface area contributed by atoms with Gasteiger partial charge < -0.3 is 14.6 Å². The van der Waals surface area contributed by atoms with Gasteiger partial charge in [0.2, 0.25) is 0 Å². The van der Waals surface area contributed by atoms with Crippen molar-refractivity contribution in [3.05, 3.63) is 25.3 Å². The van der Waals surface area contributed by atoms with Crippen molar-refractivity contribution < 1.29 is 14.6 Å². The molecule has 0 amide bonds. The second-order valence-corrected chi connectivity index (χ2v) is 12.6. The van der Waals surface area contributed by atoms with E-state index in [2.05, 4.69) is 54.7 Å². The molecular weight excluding hydrogens is 292 g/mol. The monoisotopic (exact) mass is 328 g/mol. The summed E-state index contributed by atoms with van der Waals surface area (Å²) in [6.07, 6.45) is 2.31. The van der Waals surface area contributed by atoms with Gasteiger partial charge in [-0.05, 0) is 23.0 Å². The molecule has 2 N–H and O–H groups in total. The van der Waals surface area contributed by atoms with E-state index in [1.807, 2.05) is 0 Å². The Balaban J connectivity index is 5.05. The first kappa shape index (κ1) is 21.6. The highest BCUT2D eigenvalue weighted by Gasteiger charge is 2.45. The number of rotatable bonds is 11. The first-order valence-electron chi connectivity index (χ1n) is 8.38. The van der Waals surface area contributed by atoms with Crippen LogP contribution >= 0.6 is 0 Å². The smallest absolute Gasteiger partial charge is 0.200 e. The molecule has 130 valence electrons. The van der Waals surface area contributed by atoms with Crippen LogP contribution in [0.15, 0.2) is 25.3 Å². The Morgan fingerprint density at radius 1 is 0.909 bits per heavy atom. The van der Waals surface area contributed by atoms with Crippen LogP contribution in [0.2, 0.25) is 16.6 Å². The van der Waals surface area contributed by atoms with Crippen molar-refractivity contribution in [1.29, 1.82) is 0 Å². The zero-order valence-electron chi connectivity index (χ0n) is 15.2. The van der Waals surface area contributed by atoms with Crippen LogP contribution in [0.1, 0.15) is 48.0 Å². The van der Waals surface area contributed by atoms with E-state index < -0.39 is 26.4 Å². The predicted molar refractivity (Wildman–Crippen MR) is 97.5 cm³/mol. The average molecular weight is 329 g/mol. The maximum atomic E-state index is 10.4. The second-order valence-electron chi connectivity index (χ2n) is 7.10. The van der Waals surface area contributed by atoms with Crippen molar-refractivity contribution in [3.63, 3.8) is 0 Å². The van der Waals surface area contributed by atoms with E-state index in [9.17, 15) is 10.2 Å². The fourth-order valence-electron chi connectivity index (χ4n) is 3.74. The number of hydrogen-bond acceptors (Lipinski definition) is 3. The van der Waals surface area contributed by atoms with Crippen molar-refractivity contribution in [1.82, 2.24) is 0 Å². The van der Waals surface area contributed by atoms with Gasteiger partial charge in [0.05, 0.1) is 18.8 Å². The first-order valence-corrected chi connectivity index (χ1v) is 10.5. The van der Waals surface area contributed by atoms with Crippen molar-refractivity contribution in [2.45, 2.75) is 76.8 Å². The number of aliphatic hydroxyl groups excluding tert-OH is 2. The Hall–Kier alpha value is -0.423. The summed E-state index contributed by atoms with van der Waals surface area (Å²) in [5, 5.41) is 20.5. The molecule has 3 nitrogen and oxygen atoms in total. The third-order valence-corrected chi connectivity index (χ3v) is 10.9. The minimum Gasteiger partial charge on any atom is -0.413 e. The van der Waals surface area contributed by atoms with Crippen LogP contribution in [0.25, 0.3) is 0 Å². The van der Waals surface area contributed by atoms with Crippen LogP contribution in [0.3, 0.4) is 0 Å². The molecule has 4 heteroatoms. The molecule has 0 bridgehead atoms. The topological polar surface area (TPSA) is 49.7 Å². The lowest BCUT2D eigenvalue weighted by atomic mass is 9.94. The number of hydrogen-bond donors (Lipinski definition) is 2. The SMILES string of the molecule is C=CC[C@H](O)[C@H](C=C)[C@@H](O)CO[Si](C(C)C)(C(C)C)C(C)C. The summed E-state index contributed by atoms with van der Waals surface area (Å²) in [5.41, 5.74) is 1.42. The van der Waals surface area contributed by atoms with Crippen molar-refractivity contribution in [2.75, 3.05) is 6.61 Å². The Morgan fingerprint density at radius 3 is 1.68 bits per heavy atom. The molecule has 0 aliphatic rings. The van der Waals surface area contributed by atoms with Crippen LogP contribution in [-0.2, 0) is 4.43 Å². The van der Waals surface area contributed by atoms with E-state index in [4.69, 9.17) is 4.43 Å². The molecule has 0 saturated carbocycles. The maximum Gasteiger partial charge on any atom is 0.200 e. The fourth-order valence-corrected chi connectivity index (χ4v) is 9.20. The molecule has 0 aliphatic heterocycles. The molecule has 0 heterocycles. The van der Waals surface area contributed by atoms with Crippen molar-refractivity contribution in [3.8, 4) is 0 Å². The van der Waals surface area contributed by atoms with Crippen molar-refractivity contribution >= 4 is 8.32 Å². The third kappa shape index (κ3) is 5.05. The van der Waals surface area contributed by atoms with Gasteiger partial charge in [0.1, 0.15) is 0 Å². The van der Waals surface area contributed by atoms with Crippen LogP contribution in [0.4, 0.5) is 0 Å². The summed E-state index contributed by atoms with van der Waals surface area (Å²) < 4.78 is 6.39. The standard InChI is InChI=1S/C18H36O3Si/c1-9-11-17(19)16(10-2)18(20)12-21-22(13(3)4,14(5)6)15(7)8/h9-10,13-20H,1-2,11-12H2,3-8H3/t16-,17-,18-/m0/s1. The molecule has 0 aromatic heterocycles. The Bertz CT molecular complexity index is 317. The van der Waals surface area contributed by atoms with Crippen LogP contribution in [0, 0.1) is 5.92 Å². The zero-order valence-corrected chi connectivity index (χ0v) is 16.2. The molecule has 22 heavy (non-hydrogen) atoms. The quantitative estimate of drug-likeness (QED) is 0.440. The summed E-state index contributed by atoms with van der Waals surface area (Å²) in [5.74, 6) is -0.392. The maximum absolute atomic E-state index is 10.4. The van der Waals surface area contributed by atoms with Gasteiger partial charge in [0.15, 0.2) is 8.32 Å². The highest BCUT2D eigenvalue weighted by atomic mass is 28.4. The minimum atomic E-state index is -2.00. The van der Waals surface area contributed by atoms with E-state index in [0.29, 0.717) is 23.0 Å². The summed E-state index contributed by atoms with van der Waals surface area (Å²) in [7, 11) is -2.00. The van der Waals surface area contributed by atoms with Gasteiger partial charge in [-0.15, -0.1) is 13.2 Å². The number of aliphatic hydroxyl groups is 2. The molecule has 0 fully saturated rings. The normalized spacial score (nSPS) is 16.9. The van der Waals surface area contributed by atoms with Crippen LogP contribution < -0.4 is 0 Å². The Kier molecular flexibility index (Phi) is 9.47. The molecule has 0 unspecified atom stereocenters. The van der Waals surface area contributed by atoms with Gasteiger partial charge in [-0.1, -0.05) is 53.7 Å². The van der Waals surface area contributed by atoms with Crippen LogP contribution in [0.5, 0.6) is 0 Å². The summed E-state index contributed by atoms with van der Waals surface area (Å²) in [6.45, 7) is 20.9. The first-order chi connectivity index (χ1) is 10.1. The summed E-state index contributed by atoms with van der Waals surface area (Å²) in [4.78, 5) is 0. The van der Waals surface area contributed by atoms with E-state index in [1.54, 1.807) is 12.2 Å². The fraction of sp³-hybridized carbons (Fsp3) is 0.778. The van der Waals surface area contributed by atoms with Gasteiger partial charge >= 0.3 is 0 Å². The molecule has 0 saturated heterocycles. The molecule has 3 atom stereocenters.